The van der Waals surface area contributed by atoms with Crippen molar-refractivity contribution in [2.24, 2.45) is 5.92 Å². The smallest absolute Gasteiger partial charge is 0.246 e. The summed E-state index contributed by atoms with van der Waals surface area (Å²) in [7, 11) is 1.76. The van der Waals surface area contributed by atoms with Crippen LogP contribution in [0.5, 0.6) is 0 Å². The minimum Gasteiger partial charge on any atom is -0.343 e. The van der Waals surface area contributed by atoms with Gasteiger partial charge in [0.05, 0.1) is 12.1 Å². The lowest BCUT2D eigenvalue weighted by atomic mass is 9.82. The maximum atomic E-state index is 14.5. The minimum absolute atomic E-state index is 0.00719. The molecule has 222 valence electrons. The highest BCUT2D eigenvalue weighted by Crippen LogP contribution is 2.37. The van der Waals surface area contributed by atoms with Crippen LogP contribution in [-0.2, 0) is 9.59 Å². The van der Waals surface area contributed by atoms with Crippen molar-refractivity contribution in [3.05, 3.63) is 64.1 Å². The van der Waals surface area contributed by atoms with Gasteiger partial charge in [0.25, 0.3) is 0 Å². The molecule has 4 atom stereocenters. The molecule has 2 amide bonds. The van der Waals surface area contributed by atoms with Gasteiger partial charge in [-0.2, -0.15) is 0 Å². The van der Waals surface area contributed by atoms with Crippen LogP contribution in [0, 0.1) is 5.92 Å². The quantitative estimate of drug-likeness (QED) is 0.376. The predicted octanol–water partition coefficient (Wildman–Crippen LogP) is 4.55. The van der Waals surface area contributed by atoms with Gasteiger partial charge in [-0.05, 0) is 62.9 Å². The normalized spacial score (nSPS) is 23.0. The van der Waals surface area contributed by atoms with Crippen LogP contribution >= 0.6 is 11.3 Å². The summed E-state index contributed by atoms with van der Waals surface area (Å²) in [6.07, 6.45) is 7.41. The van der Waals surface area contributed by atoms with Crippen LogP contribution in [0.15, 0.2) is 47.8 Å². The first-order valence-corrected chi connectivity index (χ1v) is 16.3. The fourth-order valence-electron chi connectivity index (χ4n) is 7.02. The summed E-state index contributed by atoms with van der Waals surface area (Å²) in [5.74, 6) is -0.126. The number of hydrogen-bond donors (Lipinski definition) is 2. The lowest BCUT2D eigenvalue weighted by molar-refractivity contribution is -0.144. The van der Waals surface area contributed by atoms with Crippen molar-refractivity contribution in [1.82, 2.24) is 25.4 Å². The number of fused-ring (bicyclic) bond motifs is 2. The van der Waals surface area contributed by atoms with Crippen molar-refractivity contribution in [3.8, 4) is 0 Å². The van der Waals surface area contributed by atoms with E-state index in [2.05, 4.69) is 15.5 Å². The second-order valence-electron chi connectivity index (χ2n) is 12.1. The summed E-state index contributed by atoms with van der Waals surface area (Å²) in [6, 6.07) is 12.8. The van der Waals surface area contributed by atoms with Crippen molar-refractivity contribution in [1.29, 1.82) is 0 Å². The molecule has 8 nitrogen and oxygen atoms in total. The van der Waals surface area contributed by atoms with Gasteiger partial charge in [-0.1, -0.05) is 61.7 Å². The monoisotopic (exact) mass is 587 g/mol. The number of carbonyl (C=O) groups is 3. The number of aromatic nitrogens is 1. The van der Waals surface area contributed by atoms with E-state index in [4.69, 9.17) is 4.98 Å². The zero-order valence-electron chi connectivity index (χ0n) is 24.6. The number of hydrogen-bond acceptors (Lipinski definition) is 7. The van der Waals surface area contributed by atoms with E-state index in [1.54, 1.807) is 7.05 Å². The number of thiazole rings is 1. The van der Waals surface area contributed by atoms with Gasteiger partial charge in [-0.15, -0.1) is 11.3 Å². The van der Waals surface area contributed by atoms with Crippen LogP contribution in [0.4, 0.5) is 0 Å². The summed E-state index contributed by atoms with van der Waals surface area (Å²) in [6.45, 7) is 4.15. The largest absolute Gasteiger partial charge is 0.343 e. The molecule has 0 bridgehead atoms. The van der Waals surface area contributed by atoms with E-state index < -0.39 is 6.04 Å². The first-order valence-electron chi connectivity index (χ1n) is 15.4. The Hall–Kier alpha value is -3.14. The van der Waals surface area contributed by atoms with E-state index in [1.807, 2.05) is 59.7 Å². The van der Waals surface area contributed by atoms with E-state index >= 15 is 0 Å². The van der Waals surface area contributed by atoms with Crippen LogP contribution in [-0.4, -0.2) is 77.2 Å². The molecular formula is C33H41N5O3S. The molecule has 1 aliphatic carbocycles. The Balaban J connectivity index is 1.30. The topological polar surface area (TPSA) is 94.6 Å². The van der Waals surface area contributed by atoms with Crippen molar-refractivity contribution in [3.63, 3.8) is 0 Å². The molecule has 0 spiro atoms. The lowest BCUT2D eigenvalue weighted by Gasteiger charge is -2.45. The highest BCUT2D eigenvalue weighted by molar-refractivity contribution is 7.10. The number of amides is 2. The zero-order valence-corrected chi connectivity index (χ0v) is 25.4. The van der Waals surface area contributed by atoms with Gasteiger partial charge in [0, 0.05) is 30.1 Å². The van der Waals surface area contributed by atoms with Gasteiger partial charge in [-0.3, -0.25) is 19.3 Å². The number of nitrogens with one attached hydrogen (secondary N) is 2. The first-order chi connectivity index (χ1) is 20.4. The molecule has 3 aliphatic rings. The molecule has 1 saturated carbocycles. The number of carbonyl (C=O) groups excluding carboxylic acids is 3. The third kappa shape index (κ3) is 5.74. The van der Waals surface area contributed by atoms with Crippen LogP contribution in [0.25, 0.3) is 10.8 Å². The fourth-order valence-corrected chi connectivity index (χ4v) is 7.92. The predicted molar refractivity (Wildman–Crippen MR) is 166 cm³/mol. The van der Waals surface area contributed by atoms with Crippen molar-refractivity contribution in [2.45, 2.75) is 76.0 Å². The molecule has 6 rings (SSSR count). The van der Waals surface area contributed by atoms with E-state index in [-0.39, 0.29) is 35.6 Å². The second-order valence-corrected chi connectivity index (χ2v) is 13.0. The third-order valence-electron chi connectivity index (χ3n) is 9.56. The van der Waals surface area contributed by atoms with Crippen molar-refractivity contribution in [2.75, 3.05) is 26.7 Å². The SMILES string of the molecule is CNC(C)C(=O)NC(C(=O)N1CC2CCCN2CC1c1nc(C(=O)c2cccc3ccccc23)cs1)C1CCCCC1. The summed E-state index contributed by atoms with van der Waals surface area (Å²) in [5.41, 5.74) is 1.06. The number of benzene rings is 2. The average Bonchev–Trinajstić information content (AvgIpc) is 3.72. The Morgan fingerprint density at radius 2 is 1.76 bits per heavy atom. The molecule has 9 heteroatoms. The fraction of sp³-hybridized carbons (Fsp3) is 0.515. The van der Waals surface area contributed by atoms with Gasteiger partial charge in [0.2, 0.25) is 17.6 Å². The maximum Gasteiger partial charge on any atom is 0.246 e. The molecule has 42 heavy (non-hydrogen) atoms. The highest BCUT2D eigenvalue weighted by atomic mass is 32.1. The minimum atomic E-state index is -0.555. The van der Waals surface area contributed by atoms with Gasteiger partial charge < -0.3 is 15.5 Å². The molecule has 2 aromatic carbocycles. The highest BCUT2D eigenvalue weighted by Gasteiger charge is 2.44. The van der Waals surface area contributed by atoms with E-state index in [1.165, 1.54) is 17.8 Å². The molecule has 3 aromatic rings. The lowest BCUT2D eigenvalue weighted by Crippen LogP contribution is -2.60. The first kappa shape index (κ1) is 29.0. The van der Waals surface area contributed by atoms with Crippen LogP contribution in [0.1, 0.15) is 79.0 Å². The molecule has 3 heterocycles. The average molecular weight is 588 g/mol. The van der Waals surface area contributed by atoms with E-state index in [0.717, 1.165) is 60.8 Å². The Morgan fingerprint density at radius 1 is 0.976 bits per heavy atom. The maximum absolute atomic E-state index is 14.5. The molecular weight excluding hydrogens is 546 g/mol. The standard InChI is InChI=1S/C33H41N5O3S/c1-21(34-2)31(40)36-29(23-11-4-3-5-12-23)33(41)38-18-24-14-9-17-37(24)19-28(38)32-35-27(20-42-32)30(39)26-16-8-13-22-10-6-7-15-25(22)26/h6-8,10,13,15-16,20-21,23-24,28-29,34H,3-5,9,11-12,14,17-19H2,1-2H3,(H,36,40). The summed E-state index contributed by atoms with van der Waals surface area (Å²) in [4.78, 5) is 50.6. The summed E-state index contributed by atoms with van der Waals surface area (Å²) < 4.78 is 0. The van der Waals surface area contributed by atoms with Crippen molar-refractivity contribution >= 4 is 39.7 Å². The van der Waals surface area contributed by atoms with Crippen LogP contribution < -0.4 is 10.6 Å². The summed E-state index contributed by atoms with van der Waals surface area (Å²) in [5, 5.41) is 10.7. The van der Waals surface area contributed by atoms with Gasteiger partial charge in [0.15, 0.2) is 0 Å². The molecule has 1 aromatic heterocycles. The van der Waals surface area contributed by atoms with E-state index in [9.17, 15) is 14.4 Å². The molecule has 2 aliphatic heterocycles. The van der Waals surface area contributed by atoms with E-state index in [0.29, 0.717) is 30.4 Å². The Bertz CT molecular complexity index is 1440. The Morgan fingerprint density at radius 3 is 2.57 bits per heavy atom. The Kier molecular flexibility index (Phi) is 8.70. The van der Waals surface area contributed by atoms with Gasteiger partial charge in [0.1, 0.15) is 16.7 Å². The number of piperazine rings is 1. The van der Waals surface area contributed by atoms with Crippen LogP contribution in [0.3, 0.4) is 0 Å². The van der Waals surface area contributed by atoms with Crippen LogP contribution in [0.2, 0.25) is 0 Å². The van der Waals surface area contributed by atoms with Crippen molar-refractivity contribution < 1.29 is 14.4 Å². The molecule has 2 saturated heterocycles. The molecule has 3 fully saturated rings. The third-order valence-corrected chi connectivity index (χ3v) is 10.5. The summed E-state index contributed by atoms with van der Waals surface area (Å²) >= 11 is 1.46. The number of ketones is 1. The second kappa shape index (κ2) is 12.6. The van der Waals surface area contributed by atoms with Gasteiger partial charge in [-0.25, -0.2) is 4.98 Å². The van der Waals surface area contributed by atoms with Gasteiger partial charge >= 0.3 is 0 Å². The number of rotatable bonds is 8. The molecule has 4 unspecified atom stereocenters. The Labute approximate surface area is 251 Å². The number of likely N-dealkylation sites (N-methyl/N-ethyl adjacent to an activating group) is 1. The number of nitrogens with zero attached hydrogens (tertiary/aromatic N) is 3. The molecule has 2 N–H and O–H groups in total. The molecule has 0 radical (unpaired) electrons. The zero-order chi connectivity index (χ0) is 29.2.